The van der Waals surface area contributed by atoms with Gasteiger partial charge in [-0.1, -0.05) is 25.5 Å². The van der Waals surface area contributed by atoms with Crippen LogP contribution in [0.15, 0.2) is 24.3 Å². The van der Waals surface area contributed by atoms with Crippen LogP contribution in [-0.2, 0) is 6.54 Å². The summed E-state index contributed by atoms with van der Waals surface area (Å²) in [5, 5.41) is 7.49. The summed E-state index contributed by atoms with van der Waals surface area (Å²) < 4.78 is 0. The van der Waals surface area contributed by atoms with E-state index in [1.165, 1.54) is 10.4 Å². The Balaban J connectivity index is 1.70. The number of aromatic nitrogens is 2. The van der Waals surface area contributed by atoms with Crippen molar-refractivity contribution in [3.63, 3.8) is 0 Å². The minimum absolute atomic E-state index is 0.0135. The fraction of sp³-hybridized carbons (Fsp3) is 0.381. The highest BCUT2D eigenvalue weighted by molar-refractivity contribution is 7.18. The molecule has 2 heterocycles. The molecule has 0 spiro atoms. The molecule has 0 aliphatic carbocycles. The third-order valence-corrected chi connectivity index (χ3v) is 5.73. The zero-order valence-corrected chi connectivity index (χ0v) is 17.2. The number of nitrogens with one attached hydrogen (secondary N) is 2. The van der Waals surface area contributed by atoms with Gasteiger partial charge in [-0.2, -0.15) is 0 Å². The minimum Gasteiger partial charge on any atom is -0.365 e. The molecule has 3 aromatic rings. The molecule has 5 nitrogen and oxygen atoms in total. The molecule has 0 aliphatic heterocycles. The number of unbranched alkanes of at least 4 members (excludes halogenated alkanes) is 1. The number of hydrogen-bond acceptors (Lipinski definition) is 5. The second-order valence-corrected chi connectivity index (χ2v) is 7.95. The maximum absolute atomic E-state index is 12.1. The lowest BCUT2D eigenvalue weighted by atomic mass is 10.1. The number of thiophene rings is 1. The lowest BCUT2D eigenvalue weighted by Gasteiger charge is -2.10. The van der Waals surface area contributed by atoms with E-state index in [1.54, 1.807) is 11.3 Å². The first-order chi connectivity index (χ1) is 13.0. The Morgan fingerprint density at radius 3 is 2.56 bits per heavy atom. The standard InChI is InChI=1S/C21H26N4OS/c1-5-6-11-22-20(26)17-9-7-16(8-10-17)12-23-19-18-13(2)14(3)27-21(18)25-15(4)24-19/h7-10H,5-6,11-12H2,1-4H3,(H,22,26)(H,23,24,25). The molecule has 1 amide bonds. The summed E-state index contributed by atoms with van der Waals surface area (Å²) in [5.74, 6) is 1.63. The van der Waals surface area contributed by atoms with Crippen molar-refractivity contribution >= 4 is 33.3 Å². The van der Waals surface area contributed by atoms with E-state index in [4.69, 9.17) is 0 Å². The number of aryl methyl sites for hydroxylation is 3. The van der Waals surface area contributed by atoms with Crippen LogP contribution in [0, 0.1) is 20.8 Å². The van der Waals surface area contributed by atoms with Gasteiger partial charge >= 0.3 is 0 Å². The Hall–Kier alpha value is -2.47. The molecule has 0 aliphatic rings. The van der Waals surface area contributed by atoms with E-state index in [2.05, 4.69) is 41.4 Å². The molecule has 0 bridgehead atoms. The van der Waals surface area contributed by atoms with Crippen LogP contribution >= 0.6 is 11.3 Å². The van der Waals surface area contributed by atoms with Gasteiger partial charge in [0.15, 0.2) is 0 Å². The van der Waals surface area contributed by atoms with Gasteiger partial charge in [0.2, 0.25) is 0 Å². The van der Waals surface area contributed by atoms with Crippen LogP contribution in [-0.4, -0.2) is 22.4 Å². The van der Waals surface area contributed by atoms with Gasteiger partial charge in [0.1, 0.15) is 16.5 Å². The first kappa shape index (κ1) is 19.3. The van der Waals surface area contributed by atoms with E-state index in [1.807, 2.05) is 31.2 Å². The fourth-order valence-corrected chi connectivity index (χ4v) is 4.00. The maximum Gasteiger partial charge on any atom is 0.251 e. The van der Waals surface area contributed by atoms with Gasteiger partial charge in [0.25, 0.3) is 5.91 Å². The Bertz CT molecular complexity index is 947. The van der Waals surface area contributed by atoms with Crippen LogP contribution in [0.4, 0.5) is 5.82 Å². The van der Waals surface area contributed by atoms with Crippen molar-refractivity contribution in [1.29, 1.82) is 0 Å². The predicted octanol–water partition coefficient (Wildman–Crippen LogP) is 4.76. The van der Waals surface area contributed by atoms with Crippen LogP contribution < -0.4 is 10.6 Å². The minimum atomic E-state index is -0.0135. The summed E-state index contributed by atoms with van der Waals surface area (Å²) in [4.78, 5) is 23.5. The van der Waals surface area contributed by atoms with Crippen LogP contribution in [0.3, 0.4) is 0 Å². The molecule has 0 fully saturated rings. The monoisotopic (exact) mass is 382 g/mol. The van der Waals surface area contributed by atoms with Crippen molar-refractivity contribution in [2.45, 2.75) is 47.1 Å². The summed E-state index contributed by atoms with van der Waals surface area (Å²) in [5.41, 5.74) is 3.03. The SMILES string of the molecule is CCCCNC(=O)c1ccc(CNc2nc(C)nc3sc(C)c(C)c23)cc1. The van der Waals surface area contributed by atoms with Crippen LogP contribution in [0.25, 0.3) is 10.2 Å². The largest absolute Gasteiger partial charge is 0.365 e. The van der Waals surface area contributed by atoms with Crippen LogP contribution in [0.2, 0.25) is 0 Å². The number of anilines is 1. The highest BCUT2D eigenvalue weighted by Gasteiger charge is 2.13. The Kier molecular flexibility index (Phi) is 6.06. The number of amides is 1. The van der Waals surface area contributed by atoms with Gasteiger partial charge in [0, 0.05) is 23.5 Å². The van der Waals surface area contributed by atoms with Gasteiger partial charge in [-0.05, 0) is 50.5 Å². The van der Waals surface area contributed by atoms with E-state index < -0.39 is 0 Å². The molecular weight excluding hydrogens is 356 g/mol. The Morgan fingerprint density at radius 2 is 1.85 bits per heavy atom. The number of nitrogens with zero attached hydrogens (tertiary/aromatic N) is 2. The van der Waals surface area contributed by atoms with Crippen molar-refractivity contribution < 1.29 is 4.79 Å². The first-order valence-corrected chi connectivity index (χ1v) is 10.2. The van der Waals surface area contributed by atoms with Crippen LogP contribution in [0.1, 0.15) is 52.0 Å². The molecule has 27 heavy (non-hydrogen) atoms. The van der Waals surface area contributed by atoms with E-state index in [-0.39, 0.29) is 5.91 Å². The number of hydrogen-bond donors (Lipinski definition) is 2. The van der Waals surface area contributed by atoms with Crippen molar-refractivity contribution in [3.8, 4) is 0 Å². The highest BCUT2D eigenvalue weighted by Crippen LogP contribution is 2.33. The van der Waals surface area contributed by atoms with Crippen molar-refractivity contribution in [1.82, 2.24) is 15.3 Å². The molecule has 6 heteroatoms. The zero-order chi connectivity index (χ0) is 19.4. The lowest BCUT2D eigenvalue weighted by molar-refractivity contribution is 0.0953. The average molecular weight is 383 g/mol. The lowest BCUT2D eigenvalue weighted by Crippen LogP contribution is -2.24. The van der Waals surface area contributed by atoms with E-state index in [0.29, 0.717) is 12.1 Å². The second-order valence-electron chi connectivity index (χ2n) is 6.74. The quantitative estimate of drug-likeness (QED) is 0.578. The van der Waals surface area contributed by atoms with Gasteiger partial charge in [-0.15, -0.1) is 11.3 Å². The number of carbonyl (C=O) groups excluding carboxylic acids is 1. The smallest absolute Gasteiger partial charge is 0.251 e. The molecule has 0 unspecified atom stereocenters. The number of rotatable bonds is 7. The van der Waals surface area contributed by atoms with E-state index >= 15 is 0 Å². The van der Waals surface area contributed by atoms with Gasteiger partial charge in [0.05, 0.1) is 5.39 Å². The second kappa shape index (κ2) is 8.48. The Morgan fingerprint density at radius 1 is 1.11 bits per heavy atom. The van der Waals surface area contributed by atoms with E-state index in [0.717, 1.165) is 46.8 Å². The normalized spacial score (nSPS) is 11.0. The average Bonchev–Trinajstić information content (AvgIpc) is 2.94. The number of carbonyl (C=O) groups is 1. The highest BCUT2D eigenvalue weighted by atomic mass is 32.1. The zero-order valence-electron chi connectivity index (χ0n) is 16.3. The summed E-state index contributed by atoms with van der Waals surface area (Å²) in [6.07, 6.45) is 2.08. The summed E-state index contributed by atoms with van der Waals surface area (Å²) in [6.45, 7) is 9.63. The van der Waals surface area contributed by atoms with Crippen molar-refractivity contribution in [2.75, 3.05) is 11.9 Å². The molecule has 2 N–H and O–H groups in total. The molecule has 0 saturated carbocycles. The maximum atomic E-state index is 12.1. The first-order valence-electron chi connectivity index (χ1n) is 9.35. The molecule has 2 aromatic heterocycles. The predicted molar refractivity (Wildman–Crippen MR) is 113 cm³/mol. The van der Waals surface area contributed by atoms with Crippen molar-refractivity contribution in [3.05, 3.63) is 51.7 Å². The van der Waals surface area contributed by atoms with Crippen LogP contribution in [0.5, 0.6) is 0 Å². The van der Waals surface area contributed by atoms with Gasteiger partial charge < -0.3 is 10.6 Å². The topological polar surface area (TPSA) is 66.9 Å². The fourth-order valence-electron chi connectivity index (χ4n) is 2.92. The summed E-state index contributed by atoms with van der Waals surface area (Å²) in [6, 6.07) is 7.72. The van der Waals surface area contributed by atoms with E-state index in [9.17, 15) is 4.79 Å². The van der Waals surface area contributed by atoms with Gasteiger partial charge in [-0.3, -0.25) is 4.79 Å². The molecule has 1 aromatic carbocycles. The number of benzene rings is 1. The third-order valence-electron chi connectivity index (χ3n) is 4.63. The molecule has 0 radical (unpaired) electrons. The molecule has 0 atom stereocenters. The summed E-state index contributed by atoms with van der Waals surface area (Å²) in [7, 11) is 0. The number of fused-ring (bicyclic) bond motifs is 1. The molecule has 0 saturated heterocycles. The molecular formula is C21H26N4OS. The molecule has 142 valence electrons. The third kappa shape index (κ3) is 4.45. The molecule has 3 rings (SSSR count). The summed E-state index contributed by atoms with van der Waals surface area (Å²) >= 11 is 1.71. The van der Waals surface area contributed by atoms with Gasteiger partial charge in [-0.25, -0.2) is 9.97 Å². The van der Waals surface area contributed by atoms with Crippen molar-refractivity contribution in [2.24, 2.45) is 0 Å². The Labute approximate surface area is 164 Å².